The van der Waals surface area contributed by atoms with Gasteiger partial charge in [0, 0.05) is 47.1 Å². The third-order valence-corrected chi connectivity index (χ3v) is 6.43. The number of aliphatic carboxylic acids is 1. The molecular weight excluding hydrogens is 438 g/mol. The molecule has 0 bridgehead atoms. The molecule has 0 aliphatic heterocycles. The highest BCUT2D eigenvalue weighted by atomic mass is 35.5. The van der Waals surface area contributed by atoms with Gasteiger partial charge in [-0.2, -0.15) is 0 Å². The van der Waals surface area contributed by atoms with E-state index in [2.05, 4.69) is 4.57 Å². The second-order valence-electron chi connectivity index (χ2n) is 8.90. The van der Waals surface area contributed by atoms with Crippen LogP contribution in [-0.4, -0.2) is 26.5 Å². The average molecular weight is 470 g/mol. The lowest BCUT2D eigenvalue weighted by molar-refractivity contribution is -0.137. The van der Waals surface area contributed by atoms with Gasteiger partial charge in [-0.05, 0) is 48.9 Å². The molecule has 2 aromatic carbocycles. The van der Waals surface area contributed by atoms with Crippen molar-refractivity contribution in [3.8, 4) is 0 Å². The number of benzene rings is 2. The number of carbonyl (C=O) groups is 2. The molecule has 6 heteroatoms. The minimum Gasteiger partial charge on any atom is -0.481 e. The van der Waals surface area contributed by atoms with Crippen LogP contribution in [0.3, 0.4) is 0 Å². The van der Waals surface area contributed by atoms with Gasteiger partial charge in [-0.1, -0.05) is 61.7 Å². The number of ketones is 1. The number of hydrogen-bond donors (Lipinski definition) is 2. The van der Waals surface area contributed by atoms with Crippen LogP contribution in [0, 0.1) is 5.92 Å². The van der Waals surface area contributed by atoms with Crippen LogP contribution in [0.4, 0.5) is 0 Å². The highest BCUT2D eigenvalue weighted by molar-refractivity contribution is 6.31. The van der Waals surface area contributed by atoms with Crippen LogP contribution in [-0.2, 0) is 18.3 Å². The van der Waals surface area contributed by atoms with Gasteiger partial charge in [-0.3, -0.25) is 9.59 Å². The molecule has 33 heavy (non-hydrogen) atoms. The Morgan fingerprint density at radius 2 is 1.76 bits per heavy atom. The van der Waals surface area contributed by atoms with E-state index < -0.39 is 12.1 Å². The van der Waals surface area contributed by atoms with Crippen LogP contribution in [0.2, 0.25) is 5.02 Å². The lowest BCUT2D eigenvalue weighted by Crippen LogP contribution is -2.12. The zero-order chi connectivity index (χ0) is 24.0. The molecule has 2 atom stereocenters. The summed E-state index contributed by atoms with van der Waals surface area (Å²) in [5, 5.41) is 20.8. The summed E-state index contributed by atoms with van der Waals surface area (Å²) in [6.07, 6.45) is 3.86. The Bertz CT molecular complexity index is 1110. The van der Waals surface area contributed by atoms with Gasteiger partial charge in [-0.25, -0.2) is 0 Å². The standard InChI is InChI=1S/C27H32ClNO4/c1-18(16-26(32)33)15-25(31)27-21-17-20(28)13-14-22(21)29(2)23(27)11-7-4-8-12-24(30)19-9-5-3-6-10-19/h3,5-6,9-10,13-14,17-18,24,30H,4,7-8,11-12,15-16H2,1-2H3,(H,32,33)/t18-,24?/m0/s1. The van der Waals surface area contributed by atoms with E-state index in [-0.39, 0.29) is 24.5 Å². The minimum atomic E-state index is -0.894. The summed E-state index contributed by atoms with van der Waals surface area (Å²) in [6.45, 7) is 1.79. The number of aryl methyl sites for hydroxylation is 1. The lowest BCUT2D eigenvalue weighted by Gasteiger charge is -2.12. The van der Waals surface area contributed by atoms with E-state index in [0.29, 0.717) is 17.0 Å². The Hall–Kier alpha value is -2.63. The fourth-order valence-electron chi connectivity index (χ4n) is 4.51. The number of hydrogen-bond acceptors (Lipinski definition) is 3. The van der Waals surface area contributed by atoms with Gasteiger partial charge in [-0.15, -0.1) is 0 Å². The molecule has 0 saturated heterocycles. The summed E-state index contributed by atoms with van der Waals surface area (Å²) in [5.41, 5.74) is 3.51. The Kier molecular flexibility index (Phi) is 8.70. The number of carbonyl (C=O) groups excluding carboxylic acids is 1. The molecule has 0 radical (unpaired) electrons. The Morgan fingerprint density at radius 1 is 1.03 bits per heavy atom. The van der Waals surface area contributed by atoms with Gasteiger partial charge in [0.1, 0.15) is 0 Å². The number of carboxylic acids is 1. The molecule has 1 heterocycles. The fraction of sp³-hybridized carbons (Fsp3) is 0.407. The van der Waals surface area contributed by atoms with Crippen molar-refractivity contribution in [3.05, 3.63) is 70.4 Å². The van der Waals surface area contributed by atoms with Crippen molar-refractivity contribution in [1.29, 1.82) is 0 Å². The number of carboxylic acid groups (broad SMARTS) is 1. The predicted octanol–water partition coefficient (Wildman–Crippen LogP) is 6.35. The highest BCUT2D eigenvalue weighted by Gasteiger charge is 2.23. The zero-order valence-corrected chi connectivity index (χ0v) is 20.0. The van der Waals surface area contributed by atoms with E-state index in [0.717, 1.165) is 47.8 Å². The maximum atomic E-state index is 13.2. The first kappa shape index (κ1) is 25.0. The molecule has 1 aromatic heterocycles. The number of aromatic nitrogens is 1. The van der Waals surface area contributed by atoms with Gasteiger partial charge in [0.05, 0.1) is 6.10 Å². The van der Waals surface area contributed by atoms with Crippen LogP contribution in [0.1, 0.15) is 73.2 Å². The molecule has 3 rings (SSSR count). The number of aliphatic hydroxyl groups excluding tert-OH is 1. The van der Waals surface area contributed by atoms with Crippen molar-refractivity contribution in [2.75, 3.05) is 0 Å². The number of Topliss-reactive ketones (excluding diaryl/α,β-unsaturated/α-hetero) is 1. The molecule has 2 N–H and O–H groups in total. The molecule has 0 saturated carbocycles. The van der Waals surface area contributed by atoms with Crippen molar-refractivity contribution in [1.82, 2.24) is 4.57 Å². The van der Waals surface area contributed by atoms with Gasteiger partial charge >= 0.3 is 5.97 Å². The van der Waals surface area contributed by atoms with Crippen molar-refractivity contribution < 1.29 is 19.8 Å². The number of halogens is 1. The monoisotopic (exact) mass is 469 g/mol. The van der Waals surface area contributed by atoms with E-state index >= 15 is 0 Å². The average Bonchev–Trinajstić information content (AvgIpc) is 3.04. The second-order valence-corrected chi connectivity index (χ2v) is 9.33. The first-order valence-corrected chi connectivity index (χ1v) is 11.9. The van der Waals surface area contributed by atoms with Gasteiger partial charge in [0.2, 0.25) is 0 Å². The van der Waals surface area contributed by atoms with E-state index in [1.54, 1.807) is 6.92 Å². The minimum absolute atomic E-state index is 0.0314. The van der Waals surface area contributed by atoms with Gasteiger partial charge < -0.3 is 14.8 Å². The fourth-order valence-corrected chi connectivity index (χ4v) is 4.68. The molecule has 0 spiro atoms. The van der Waals surface area contributed by atoms with Gasteiger partial charge in [0.25, 0.3) is 0 Å². The molecule has 0 fully saturated rings. The summed E-state index contributed by atoms with van der Waals surface area (Å²) in [7, 11) is 1.96. The van der Waals surface area contributed by atoms with E-state index in [9.17, 15) is 14.7 Å². The van der Waals surface area contributed by atoms with E-state index in [1.807, 2.05) is 55.6 Å². The van der Waals surface area contributed by atoms with Crippen molar-refractivity contribution in [2.45, 2.75) is 58.0 Å². The van der Waals surface area contributed by atoms with Crippen molar-refractivity contribution >= 4 is 34.3 Å². The van der Waals surface area contributed by atoms with Crippen LogP contribution in [0.15, 0.2) is 48.5 Å². The smallest absolute Gasteiger partial charge is 0.303 e. The molecule has 5 nitrogen and oxygen atoms in total. The van der Waals surface area contributed by atoms with Crippen molar-refractivity contribution in [2.24, 2.45) is 13.0 Å². The number of rotatable bonds is 12. The number of unbranched alkanes of at least 4 members (excludes halogenated alkanes) is 2. The molecule has 3 aromatic rings. The topological polar surface area (TPSA) is 79.5 Å². The quantitative estimate of drug-likeness (QED) is 0.239. The van der Waals surface area contributed by atoms with Crippen LogP contribution >= 0.6 is 11.6 Å². The highest BCUT2D eigenvalue weighted by Crippen LogP contribution is 2.31. The maximum Gasteiger partial charge on any atom is 0.303 e. The van der Waals surface area contributed by atoms with Crippen LogP contribution in [0.5, 0.6) is 0 Å². The SMILES string of the molecule is C[C@H](CC(=O)O)CC(=O)c1c(CCCCCC(O)c2ccccc2)n(C)c2ccc(Cl)cc12. The third-order valence-electron chi connectivity index (χ3n) is 6.19. The Labute approximate surface area is 200 Å². The molecule has 1 unspecified atom stereocenters. The largest absolute Gasteiger partial charge is 0.481 e. The maximum absolute atomic E-state index is 13.2. The number of aliphatic hydroxyl groups is 1. The molecule has 176 valence electrons. The summed E-state index contributed by atoms with van der Waals surface area (Å²) < 4.78 is 2.06. The lowest BCUT2D eigenvalue weighted by atomic mass is 9.94. The summed E-state index contributed by atoms with van der Waals surface area (Å²) in [4.78, 5) is 24.3. The molecular formula is C27H32ClNO4. The third kappa shape index (κ3) is 6.46. The summed E-state index contributed by atoms with van der Waals surface area (Å²) in [5.74, 6) is -1.17. The summed E-state index contributed by atoms with van der Waals surface area (Å²) >= 11 is 6.24. The first-order chi connectivity index (χ1) is 15.8. The first-order valence-electron chi connectivity index (χ1n) is 11.5. The Balaban J connectivity index is 1.70. The number of fused-ring (bicyclic) bond motifs is 1. The van der Waals surface area contributed by atoms with Gasteiger partial charge in [0.15, 0.2) is 5.78 Å². The zero-order valence-electron chi connectivity index (χ0n) is 19.3. The van der Waals surface area contributed by atoms with E-state index in [4.69, 9.17) is 16.7 Å². The van der Waals surface area contributed by atoms with Crippen LogP contribution < -0.4 is 0 Å². The second kappa shape index (κ2) is 11.5. The van der Waals surface area contributed by atoms with Crippen molar-refractivity contribution in [3.63, 3.8) is 0 Å². The predicted molar refractivity (Wildman–Crippen MR) is 132 cm³/mol. The van der Waals surface area contributed by atoms with Crippen LogP contribution in [0.25, 0.3) is 10.9 Å². The normalized spacial score (nSPS) is 13.2. The molecule has 0 aliphatic rings. The molecule has 0 aliphatic carbocycles. The summed E-state index contributed by atoms with van der Waals surface area (Å²) in [6, 6.07) is 15.2. The molecule has 0 amide bonds. The number of nitrogens with zero attached hydrogens (tertiary/aromatic N) is 1. The Morgan fingerprint density at radius 3 is 2.45 bits per heavy atom. The van der Waals surface area contributed by atoms with E-state index in [1.165, 1.54) is 0 Å².